The number of anilines is 1. The standard InChI is InChI=1S/C15H21Cl2NO2/c1-3-15(2,14(19)20)12-4-6-13(7-5-12)18(10-8-16)11-9-17/h4-7H,3,8-11H2,1-2H3,(H,19,20). The summed E-state index contributed by atoms with van der Waals surface area (Å²) in [5.41, 5.74) is 0.981. The van der Waals surface area contributed by atoms with Crippen molar-refractivity contribution in [2.45, 2.75) is 25.7 Å². The fourth-order valence-electron chi connectivity index (χ4n) is 2.09. The topological polar surface area (TPSA) is 40.5 Å². The molecule has 1 rings (SSSR count). The van der Waals surface area contributed by atoms with Crippen LogP contribution in [-0.4, -0.2) is 35.9 Å². The summed E-state index contributed by atoms with van der Waals surface area (Å²) < 4.78 is 0. The number of hydrogen-bond donors (Lipinski definition) is 1. The van der Waals surface area contributed by atoms with E-state index in [1.54, 1.807) is 6.92 Å². The molecular weight excluding hydrogens is 297 g/mol. The third-order valence-corrected chi connectivity index (χ3v) is 4.10. The largest absolute Gasteiger partial charge is 0.481 e. The third-order valence-electron chi connectivity index (χ3n) is 3.76. The molecule has 1 atom stereocenters. The van der Waals surface area contributed by atoms with Gasteiger partial charge in [-0.15, -0.1) is 23.2 Å². The van der Waals surface area contributed by atoms with E-state index in [0.29, 0.717) is 18.2 Å². The van der Waals surface area contributed by atoms with Gasteiger partial charge in [0.05, 0.1) is 5.41 Å². The van der Waals surface area contributed by atoms with Gasteiger partial charge < -0.3 is 10.0 Å². The molecule has 0 aliphatic rings. The van der Waals surface area contributed by atoms with Crippen LogP contribution in [0.1, 0.15) is 25.8 Å². The molecule has 0 fully saturated rings. The van der Waals surface area contributed by atoms with Gasteiger partial charge in [-0.05, 0) is 31.0 Å². The first-order valence-electron chi connectivity index (χ1n) is 6.70. The Morgan fingerprint density at radius 2 is 1.70 bits per heavy atom. The maximum atomic E-state index is 11.4. The van der Waals surface area contributed by atoms with E-state index in [2.05, 4.69) is 4.90 Å². The zero-order chi connectivity index (χ0) is 15.2. The molecule has 1 aromatic rings. The first-order valence-corrected chi connectivity index (χ1v) is 7.77. The molecule has 112 valence electrons. The minimum absolute atomic E-state index is 0.528. The van der Waals surface area contributed by atoms with E-state index >= 15 is 0 Å². The summed E-state index contributed by atoms with van der Waals surface area (Å²) in [7, 11) is 0. The predicted octanol–water partition coefficient (Wildman–Crippen LogP) is 3.72. The molecule has 20 heavy (non-hydrogen) atoms. The van der Waals surface area contributed by atoms with Crippen molar-refractivity contribution in [3.63, 3.8) is 0 Å². The minimum Gasteiger partial charge on any atom is -0.481 e. The molecule has 1 unspecified atom stereocenters. The van der Waals surface area contributed by atoms with E-state index in [-0.39, 0.29) is 0 Å². The van der Waals surface area contributed by atoms with E-state index in [0.717, 1.165) is 24.3 Å². The lowest BCUT2D eigenvalue weighted by Gasteiger charge is -2.26. The summed E-state index contributed by atoms with van der Waals surface area (Å²) in [5.74, 6) is 0.257. The van der Waals surface area contributed by atoms with Gasteiger partial charge in [-0.3, -0.25) is 4.79 Å². The van der Waals surface area contributed by atoms with Crippen molar-refractivity contribution in [2.24, 2.45) is 0 Å². The average molecular weight is 318 g/mol. The molecule has 0 bridgehead atoms. The van der Waals surface area contributed by atoms with E-state index in [1.807, 2.05) is 31.2 Å². The number of hydrogen-bond acceptors (Lipinski definition) is 2. The van der Waals surface area contributed by atoms with Crippen molar-refractivity contribution in [3.8, 4) is 0 Å². The zero-order valence-corrected chi connectivity index (χ0v) is 13.4. The molecular formula is C15H21Cl2NO2. The second-order valence-electron chi connectivity index (χ2n) is 4.90. The Bertz CT molecular complexity index is 430. The summed E-state index contributed by atoms with van der Waals surface area (Å²) in [5, 5.41) is 9.39. The molecule has 0 aromatic heterocycles. The van der Waals surface area contributed by atoms with Gasteiger partial charge in [-0.25, -0.2) is 0 Å². The Labute approximate surface area is 130 Å². The van der Waals surface area contributed by atoms with Crippen molar-refractivity contribution in [1.82, 2.24) is 0 Å². The lowest BCUT2D eigenvalue weighted by Crippen LogP contribution is -2.32. The molecule has 1 aromatic carbocycles. The number of carbonyl (C=O) groups is 1. The number of aliphatic carboxylic acids is 1. The summed E-state index contributed by atoms with van der Waals surface area (Å²) >= 11 is 11.6. The van der Waals surface area contributed by atoms with Crippen molar-refractivity contribution >= 4 is 34.9 Å². The second kappa shape index (κ2) is 7.75. The summed E-state index contributed by atoms with van der Waals surface area (Å²) in [6, 6.07) is 7.63. The van der Waals surface area contributed by atoms with E-state index in [1.165, 1.54) is 0 Å². The number of nitrogens with zero attached hydrogens (tertiary/aromatic N) is 1. The van der Waals surface area contributed by atoms with E-state index < -0.39 is 11.4 Å². The van der Waals surface area contributed by atoms with Crippen LogP contribution in [0.3, 0.4) is 0 Å². The molecule has 0 saturated carbocycles. The molecule has 0 spiro atoms. The maximum Gasteiger partial charge on any atom is 0.313 e. The predicted molar refractivity (Wildman–Crippen MR) is 85.4 cm³/mol. The van der Waals surface area contributed by atoms with E-state index in [9.17, 15) is 9.90 Å². The highest BCUT2D eigenvalue weighted by atomic mass is 35.5. The summed E-state index contributed by atoms with van der Waals surface area (Å²) in [6.07, 6.45) is 0.550. The summed E-state index contributed by atoms with van der Waals surface area (Å²) in [4.78, 5) is 13.5. The van der Waals surface area contributed by atoms with Crippen LogP contribution in [0.25, 0.3) is 0 Å². The highest BCUT2D eigenvalue weighted by molar-refractivity contribution is 6.18. The molecule has 0 amide bonds. The van der Waals surface area contributed by atoms with Crippen LogP contribution in [0.2, 0.25) is 0 Å². The molecule has 0 heterocycles. The number of carboxylic acid groups (broad SMARTS) is 1. The van der Waals surface area contributed by atoms with Crippen LogP contribution in [0.5, 0.6) is 0 Å². The smallest absolute Gasteiger partial charge is 0.313 e. The van der Waals surface area contributed by atoms with Crippen molar-refractivity contribution in [2.75, 3.05) is 29.7 Å². The number of benzene rings is 1. The maximum absolute atomic E-state index is 11.4. The Kier molecular flexibility index (Phi) is 6.63. The fraction of sp³-hybridized carbons (Fsp3) is 0.533. The Morgan fingerprint density at radius 1 is 1.20 bits per heavy atom. The molecule has 0 aliphatic carbocycles. The van der Waals surface area contributed by atoms with Crippen LogP contribution in [0, 0.1) is 0 Å². The molecule has 5 heteroatoms. The Balaban J connectivity index is 3.00. The highest BCUT2D eigenvalue weighted by Gasteiger charge is 2.33. The first kappa shape index (κ1) is 17.1. The number of alkyl halides is 2. The van der Waals surface area contributed by atoms with Crippen LogP contribution in [0.4, 0.5) is 5.69 Å². The molecule has 0 radical (unpaired) electrons. The quantitative estimate of drug-likeness (QED) is 0.743. The minimum atomic E-state index is -0.845. The monoisotopic (exact) mass is 317 g/mol. The number of halogens is 2. The van der Waals surface area contributed by atoms with Crippen LogP contribution in [-0.2, 0) is 10.2 Å². The van der Waals surface area contributed by atoms with Gasteiger partial charge in [0.2, 0.25) is 0 Å². The van der Waals surface area contributed by atoms with Crippen molar-refractivity contribution < 1.29 is 9.90 Å². The second-order valence-corrected chi connectivity index (χ2v) is 5.66. The van der Waals surface area contributed by atoms with Gasteiger partial charge in [0.1, 0.15) is 0 Å². The molecule has 0 aliphatic heterocycles. The Morgan fingerprint density at radius 3 is 2.05 bits per heavy atom. The normalized spacial score (nSPS) is 13.8. The first-order chi connectivity index (χ1) is 9.49. The van der Waals surface area contributed by atoms with Gasteiger partial charge in [0.15, 0.2) is 0 Å². The van der Waals surface area contributed by atoms with Gasteiger partial charge in [0.25, 0.3) is 0 Å². The fourth-order valence-corrected chi connectivity index (χ4v) is 2.50. The average Bonchev–Trinajstić information content (AvgIpc) is 2.46. The zero-order valence-electron chi connectivity index (χ0n) is 11.9. The van der Waals surface area contributed by atoms with Crippen molar-refractivity contribution in [1.29, 1.82) is 0 Å². The van der Waals surface area contributed by atoms with Crippen LogP contribution >= 0.6 is 23.2 Å². The SMILES string of the molecule is CCC(C)(C(=O)O)c1ccc(N(CCCl)CCCl)cc1. The van der Waals surface area contributed by atoms with Gasteiger partial charge in [-0.2, -0.15) is 0 Å². The summed E-state index contributed by atoms with van der Waals surface area (Å²) in [6.45, 7) is 5.07. The lowest BCUT2D eigenvalue weighted by atomic mass is 9.80. The molecule has 1 N–H and O–H groups in total. The lowest BCUT2D eigenvalue weighted by molar-refractivity contribution is -0.143. The van der Waals surface area contributed by atoms with Crippen LogP contribution in [0.15, 0.2) is 24.3 Å². The highest BCUT2D eigenvalue weighted by Crippen LogP contribution is 2.29. The number of carboxylic acids is 1. The molecule has 3 nitrogen and oxygen atoms in total. The van der Waals surface area contributed by atoms with Crippen molar-refractivity contribution in [3.05, 3.63) is 29.8 Å². The van der Waals surface area contributed by atoms with Crippen LogP contribution < -0.4 is 4.90 Å². The molecule has 0 saturated heterocycles. The van der Waals surface area contributed by atoms with E-state index in [4.69, 9.17) is 23.2 Å². The number of rotatable bonds is 8. The van der Waals surface area contributed by atoms with Gasteiger partial charge >= 0.3 is 5.97 Å². The van der Waals surface area contributed by atoms with Gasteiger partial charge in [-0.1, -0.05) is 19.1 Å². The third kappa shape index (κ3) is 3.80. The van der Waals surface area contributed by atoms with Gasteiger partial charge in [0, 0.05) is 30.5 Å². The Hall–Kier alpha value is -0.930.